The van der Waals surface area contributed by atoms with Gasteiger partial charge in [-0.25, -0.2) is 8.42 Å². The highest BCUT2D eigenvalue weighted by molar-refractivity contribution is 7.92. The average molecular weight is 328 g/mol. The SMILES string of the molecule is O=S(=O)(Nc1ccccc1)c1ccc2c(c1)-c1oncc1CO2. The van der Waals surface area contributed by atoms with Crippen molar-refractivity contribution >= 4 is 15.7 Å². The Hall–Kier alpha value is -2.80. The monoisotopic (exact) mass is 328 g/mol. The van der Waals surface area contributed by atoms with Crippen molar-refractivity contribution < 1.29 is 17.7 Å². The lowest BCUT2D eigenvalue weighted by Crippen LogP contribution is -2.13. The molecule has 4 rings (SSSR count). The third-order valence-corrected chi connectivity index (χ3v) is 4.94. The van der Waals surface area contributed by atoms with E-state index >= 15 is 0 Å². The van der Waals surface area contributed by atoms with Crippen LogP contribution in [0.5, 0.6) is 5.75 Å². The zero-order valence-electron chi connectivity index (χ0n) is 11.9. The van der Waals surface area contributed by atoms with E-state index in [9.17, 15) is 8.42 Å². The van der Waals surface area contributed by atoms with Crippen LogP contribution in [0.15, 0.2) is 64.1 Å². The van der Waals surface area contributed by atoms with Crippen LogP contribution in [0.2, 0.25) is 0 Å². The molecule has 23 heavy (non-hydrogen) atoms. The molecule has 6 nitrogen and oxygen atoms in total. The fourth-order valence-electron chi connectivity index (χ4n) is 2.44. The second-order valence-corrected chi connectivity index (χ2v) is 6.78. The highest BCUT2D eigenvalue weighted by Crippen LogP contribution is 2.38. The highest BCUT2D eigenvalue weighted by Gasteiger charge is 2.24. The van der Waals surface area contributed by atoms with Crippen LogP contribution in [0.1, 0.15) is 5.56 Å². The van der Waals surface area contributed by atoms with Crippen LogP contribution in [0.25, 0.3) is 11.3 Å². The number of fused-ring (bicyclic) bond motifs is 3. The first-order valence-electron chi connectivity index (χ1n) is 6.92. The molecule has 0 bridgehead atoms. The van der Waals surface area contributed by atoms with Crippen molar-refractivity contribution in [2.45, 2.75) is 11.5 Å². The van der Waals surface area contributed by atoms with Gasteiger partial charge in [0.05, 0.1) is 22.2 Å². The Morgan fingerprint density at radius 2 is 1.91 bits per heavy atom. The lowest BCUT2D eigenvalue weighted by Gasteiger charge is -2.17. The zero-order valence-corrected chi connectivity index (χ0v) is 12.7. The van der Waals surface area contributed by atoms with Gasteiger partial charge < -0.3 is 9.26 Å². The second-order valence-electron chi connectivity index (χ2n) is 5.10. The van der Waals surface area contributed by atoms with Crippen molar-refractivity contribution in [3.8, 4) is 17.1 Å². The van der Waals surface area contributed by atoms with Gasteiger partial charge in [0.25, 0.3) is 10.0 Å². The maximum Gasteiger partial charge on any atom is 0.261 e. The number of rotatable bonds is 3. The molecule has 0 amide bonds. The van der Waals surface area contributed by atoms with Gasteiger partial charge in [0.15, 0.2) is 5.76 Å². The summed E-state index contributed by atoms with van der Waals surface area (Å²) in [6.45, 7) is 0.361. The quantitative estimate of drug-likeness (QED) is 0.799. The number of aromatic nitrogens is 1. The number of benzene rings is 2. The fourth-order valence-corrected chi connectivity index (χ4v) is 3.52. The van der Waals surface area contributed by atoms with Gasteiger partial charge in [-0.3, -0.25) is 4.72 Å². The average Bonchev–Trinajstić information content (AvgIpc) is 3.04. The normalized spacial score (nSPS) is 12.9. The molecule has 0 saturated carbocycles. The van der Waals surface area contributed by atoms with Crippen molar-refractivity contribution in [2.75, 3.05) is 4.72 Å². The summed E-state index contributed by atoms with van der Waals surface area (Å²) in [4.78, 5) is 0.132. The first kappa shape index (κ1) is 13.8. The van der Waals surface area contributed by atoms with E-state index in [1.165, 1.54) is 12.1 Å². The Bertz CT molecular complexity index is 965. The molecule has 0 spiro atoms. The van der Waals surface area contributed by atoms with Crippen LogP contribution >= 0.6 is 0 Å². The summed E-state index contributed by atoms with van der Waals surface area (Å²) in [7, 11) is -3.70. The Morgan fingerprint density at radius 3 is 2.74 bits per heavy atom. The van der Waals surface area contributed by atoms with E-state index in [2.05, 4.69) is 9.88 Å². The maximum absolute atomic E-state index is 12.5. The third kappa shape index (κ3) is 2.44. The molecular weight excluding hydrogens is 316 g/mol. The number of ether oxygens (including phenoxy) is 1. The molecule has 0 aliphatic carbocycles. The summed E-state index contributed by atoms with van der Waals surface area (Å²) in [5, 5.41) is 3.74. The Balaban J connectivity index is 1.75. The largest absolute Gasteiger partial charge is 0.488 e. The minimum atomic E-state index is -3.70. The molecule has 0 radical (unpaired) electrons. The van der Waals surface area contributed by atoms with Gasteiger partial charge in [-0.05, 0) is 30.3 Å². The second kappa shape index (κ2) is 5.13. The summed E-state index contributed by atoms with van der Waals surface area (Å²) in [6.07, 6.45) is 1.57. The molecule has 0 atom stereocenters. The van der Waals surface area contributed by atoms with E-state index in [-0.39, 0.29) is 4.90 Å². The van der Waals surface area contributed by atoms with Gasteiger partial charge in [-0.2, -0.15) is 0 Å². The zero-order chi connectivity index (χ0) is 15.9. The molecule has 1 N–H and O–H groups in total. The molecule has 2 heterocycles. The molecule has 0 unspecified atom stereocenters. The summed E-state index contributed by atoms with van der Waals surface area (Å²) in [5.41, 5.74) is 1.88. The molecule has 7 heteroatoms. The maximum atomic E-state index is 12.5. The van der Waals surface area contributed by atoms with Crippen LogP contribution in [0.4, 0.5) is 5.69 Å². The minimum Gasteiger partial charge on any atom is -0.488 e. The Morgan fingerprint density at radius 1 is 1.09 bits per heavy atom. The molecule has 1 aliphatic heterocycles. The number of nitrogens with zero attached hydrogens (tertiary/aromatic N) is 1. The van der Waals surface area contributed by atoms with Gasteiger partial charge in [0, 0.05) is 5.69 Å². The summed E-state index contributed by atoms with van der Waals surface area (Å²) < 4.78 is 38.4. The van der Waals surface area contributed by atoms with Gasteiger partial charge >= 0.3 is 0 Å². The van der Waals surface area contributed by atoms with Crippen molar-refractivity contribution in [3.05, 3.63) is 60.3 Å². The van der Waals surface area contributed by atoms with Crippen LogP contribution in [-0.2, 0) is 16.6 Å². The lowest BCUT2D eigenvalue weighted by atomic mass is 10.1. The number of hydrogen-bond donors (Lipinski definition) is 1. The molecular formula is C16H12N2O4S. The van der Waals surface area contributed by atoms with E-state index in [0.29, 0.717) is 29.4 Å². The predicted octanol–water partition coefficient (Wildman–Crippen LogP) is 3.03. The minimum absolute atomic E-state index is 0.132. The third-order valence-electron chi connectivity index (χ3n) is 3.56. The number of para-hydroxylation sites is 1. The number of anilines is 1. The van der Waals surface area contributed by atoms with Crippen LogP contribution in [-0.4, -0.2) is 13.6 Å². The predicted molar refractivity (Wildman–Crippen MR) is 83.5 cm³/mol. The Kier molecular flexibility index (Phi) is 3.09. The van der Waals surface area contributed by atoms with Crippen molar-refractivity contribution in [1.29, 1.82) is 0 Å². The van der Waals surface area contributed by atoms with Crippen LogP contribution in [0, 0.1) is 0 Å². The van der Waals surface area contributed by atoms with Crippen molar-refractivity contribution in [1.82, 2.24) is 5.16 Å². The molecule has 0 fully saturated rings. The van der Waals surface area contributed by atoms with Gasteiger partial charge in [0.1, 0.15) is 12.4 Å². The standard InChI is InChI=1S/C16H12N2O4S/c19-23(20,18-12-4-2-1-3-5-12)13-6-7-15-14(8-13)16-11(10-21-15)9-17-22-16/h1-9,18H,10H2. The summed E-state index contributed by atoms with van der Waals surface area (Å²) in [6, 6.07) is 13.4. The van der Waals surface area contributed by atoms with E-state index in [0.717, 1.165) is 5.56 Å². The first-order chi connectivity index (χ1) is 11.1. The Labute approximate surface area is 132 Å². The van der Waals surface area contributed by atoms with E-state index in [4.69, 9.17) is 9.26 Å². The molecule has 2 aromatic carbocycles. The summed E-state index contributed by atoms with van der Waals surface area (Å²) in [5.74, 6) is 1.12. The smallest absolute Gasteiger partial charge is 0.261 e. The van der Waals surface area contributed by atoms with E-state index in [1.54, 1.807) is 36.5 Å². The molecule has 1 aromatic heterocycles. The molecule has 116 valence electrons. The van der Waals surface area contributed by atoms with Gasteiger partial charge in [-0.1, -0.05) is 23.4 Å². The molecule has 0 saturated heterocycles. The highest BCUT2D eigenvalue weighted by atomic mass is 32.2. The van der Waals surface area contributed by atoms with E-state index in [1.807, 2.05) is 6.07 Å². The molecule has 3 aromatic rings. The number of hydrogen-bond acceptors (Lipinski definition) is 5. The number of sulfonamides is 1. The topological polar surface area (TPSA) is 81.4 Å². The van der Waals surface area contributed by atoms with Gasteiger partial charge in [-0.15, -0.1) is 0 Å². The van der Waals surface area contributed by atoms with Crippen LogP contribution in [0.3, 0.4) is 0 Å². The van der Waals surface area contributed by atoms with Crippen LogP contribution < -0.4 is 9.46 Å². The van der Waals surface area contributed by atoms with Crippen molar-refractivity contribution in [3.63, 3.8) is 0 Å². The molecule has 1 aliphatic rings. The van der Waals surface area contributed by atoms with Crippen molar-refractivity contribution in [2.24, 2.45) is 0 Å². The lowest BCUT2D eigenvalue weighted by molar-refractivity contribution is 0.297. The van der Waals surface area contributed by atoms with Gasteiger partial charge in [0.2, 0.25) is 0 Å². The summed E-state index contributed by atoms with van der Waals surface area (Å²) >= 11 is 0. The fraction of sp³-hybridized carbons (Fsp3) is 0.0625. The number of nitrogens with one attached hydrogen (secondary N) is 1. The first-order valence-corrected chi connectivity index (χ1v) is 8.40. The van der Waals surface area contributed by atoms with E-state index < -0.39 is 10.0 Å².